The normalized spacial score (nSPS) is 10.5. The lowest BCUT2D eigenvalue weighted by atomic mass is 10.2. The largest absolute Gasteiger partial charge is 0.371 e. The van der Waals surface area contributed by atoms with Gasteiger partial charge in [-0.05, 0) is 13.8 Å². The molecule has 72 valence electrons. The minimum atomic E-state index is 0.0375. The predicted octanol–water partition coefficient (Wildman–Crippen LogP) is 1.71. The van der Waals surface area contributed by atoms with Crippen LogP contribution in [0.3, 0.4) is 0 Å². The third kappa shape index (κ3) is 1.71. The molecule has 1 aromatic rings. The first-order chi connectivity index (χ1) is 6.07. The number of nitrogens with one attached hydrogen (secondary N) is 1. The molecule has 0 aliphatic carbocycles. The van der Waals surface area contributed by atoms with Crippen LogP contribution in [0.4, 0.5) is 5.82 Å². The fourth-order valence-corrected chi connectivity index (χ4v) is 1.28. The molecule has 0 radical (unpaired) electrons. The molecule has 0 unspecified atom stereocenters. The molecule has 0 aliphatic rings. The highest BCUT2D eigenvalue weighted by Crippen LogP contribution is 2.17. The minimum Gasteiger partial charge on any atom is -0.371 e. The van der Waals surface area contributed by atoms with Gasteiger partial charge >= 0.3 is 0 Å². The van der Waals surface area contributed by atoms with Crippen molar-refractivity contribution in [2.24, 2.45) is 0 Å². The van der Waals surface area contributed by atoms with Gasteiger partial charge in [0.15, 0.2) is 11.6 Å². The molecule has 1 aromatic heterocycles. The Kier molecular flexibility index (Phi) is 2.70. The highest BCUT2D eigenvalue weighted by atomic mass is 16.1. The lowest BCUT2D eigenvalue weighted by Gasteiger charge is -2.10. The monoisotopic (exact) mass is 181 g/mol. The Hall–Kier alpha value is -1.32. The summed E-state index contributed by atoms with van der Waals surface area (Å²) in [6, 6.07) is 0.258. The number of hydrogen-bond donors (Lipinski definition) is 1. The van der Waals surface area contributed by atoms with Crippen LogP contribution in [0.25, 0.3) is 0 Å². The lowest BCUT2D eigenvalue weighted by Crippen LogP contribution is -2.09. The summed E-state index contributed by atoms with van der Waals surface area (Å²) in [5, 5.41) is 2.90. The average Bonchev–Trinajstić information content (AvgIpc) is 2.46. The van der Waals surface area contributed by atoms with E-state index < -0.39 is 0 Å². The SMILES string of the molecule is CNc1ncn(C(C)C)c1C(C)=O. The molecule has 0 aromatic carbocycles. The fourth-order valence-electron chi connectivity index (χ4n) is 1.28. The molecule has 4 nitrogen and oxygen atoms in total. The number of Topliss-reactive ketones (excluding diaryl/α,β-unsaturated/α-hetero) is 1. The Morgan fingerprint density at radius 3 is 2.62 bits per heavy atom. The zero-order valence-electron chi connectivity index (χ0n) is 8.46. The fraction of sp³-hybridized carbons (Fsp3) is 0.556. The van der Waals surface area contributed by atoms with Gasteiger partial charge in [-0.25, -0.2) is 4.98 Å². The molecule has 0 saturated carbocycles. The lowest BCUT2D eigenvalue weighted by molar-refractivity contribution is 0.100. The van der Waals surface area contributed by atoms with E-state index in [1.54, 1.807) is 20.3 Å². The highest BCUT2D eigenvalue weighted by molar-refractivity contribution is 5.97. The molecule has 1 N–H and O–H groups in total. The molecule has 13 heavy (non-hydrogen) atoms. The van der Waals surface area contributed by atoms with E-state index in [9.17, 15) is 4.79 Å². The summed E-state index contributed by atoms with van der Waals surface area (Å²) in [7, 11) is 1.76. The molecule has 0 spiro atoms. The second kappa shape index (κ2) is 3.60. The van der Waals surface area contributed by atoms with Gasteiger partial charge in [-0.1, -0.05) is 0 Å². The van der Waals surface area contributed by atoms with Crippen molar-refractivity contribution in [2.45, 2.75) is 26.8 Å². The quantitative estimate of drug-likeness (QED) is 0.722. The second-order valence-corrected chi connectivity index (χ2v) is 3.25. The standard InChI is InChI=1S/C9H15N3O/c1-6(2)12-5-11-9(10-4)8(12)7(3)13/h5-6,10H,1-4H3. The Morgan fingerprint density at radius 1 is 1.62 bits per heavy atom. The van der Waals surface area contributed by atoms with Crippen LogP contribution in [0.5, 0.6) is 0 Å². The number of anilines is 1. The van der Waals surface area contributed by atoms with E-state index in [4.69, 9.17) is 0 Å². The average molecular weight is 181 g/mol. The van der Waals surface area contributed by atoms with Gasteiger partial charge in [-0.3, -0.25) is 4.79 Å². The first-order valence-corrected chi connectivity index (χ1v) is 4.33. The maximum atomic E-state index is 11.3. The number of ketones is 1. The van der Waals surface area contributed by atoms with Crippen LogP contribution in [0.1, 0.15) is 37.3 Å². The molecule has 4 heteroatoms. The van der Waals surface area contributed by atoms with E-state index in [2.05, 4.69) is 10.3 Å². The van der Waals surface area contributed by atoms with Crippen molar-refractivity contribution in [3.05, 3.63) is 12.0 Å². The van der Waals surface area contributed by atoms with E-state index >= 15 is 0 Å². The molecule has 1 heterocycles. The number of carbonyl (C=O) groups is 1. The van der Waals surface area contributed by atoms with Crippen molar-refractivity contribution in [2.75, 3.05) is 12.4 Å². The Balaban J connectivity index is 3.22. The van der Waals surface area contributed by atoms with Crippen LogP contribution in [-0.4, -0.2) is 22.4 Å². The maximum absolute atomic E-state index is 11.3. The Morgan fingerprint density at radius 2 is 2.23 bits per heavy atom. The molecule has 0 atom stereocenters. The van der Waals surface area contributed by atoms with Crippen LogP contribution in [0.15, 0.2) is 6.33 Å². The molecule has 0 bridgehead atoms. The number of hydrogen-bond acceptors (Lipinski definition) is 3. The van der Waals surface area contributed by atoms with Gasteiger partial charge in [0.2, 0.25) is 0 Å². The molecular formula is C9H15N3O. The van der Waals surface area contributed by atoms with Crippen LogP contribution in [0.2, 0.25) is 0 Å². The summed E-state index contributed by atoms with van der Waals surface area (Å²) in [5.41, 5.74) is 0.650. The van der Waals surface area contributed by atoms with Gasteiger partial charge in [-0.15, -0.1) is 0 Å². The Bertz CT molecular complexity index is 315. The topological polar surface area (TPSA) is 46.9 Å². The highest BCUT2D eigenvalue weighted by Gasteiger charge is 2.15. The van der Waals surface area contributed by atoms with Crippen molar-refractivity contribution in [3.8, 4) is 0 Å². The summed E-state index contributed by atoms with van der Waals surface area (Å²) in [6.45, 7) is 5.60. The van der Waals surface area contributed by atoms with Crippen molar-refractivity contribution < 1.29 is 4.79 Å². The van der Waals surface area contributed by atoms with E-state index in [1.807, 2.05) is 18.4 Å². The molecule has 0 fully saturated rings. The zero-order chi connectivity index (χ0) is 10.0. The maximum Gasteiger partial charge on any atom is 0.180 e. The summed E-state index contributed by atoms with van der Waals surface area (Å²) in [6.07, 6.45) is 1.69. The summed E-state index contributed by atoms with van der Waals surface area (Å²) < 4.78 is 1.87. The third-order valence-corrected chi connectivity index (χ3v) is 1.92. The van der Waals surface area contributed by atoms with Crippen molar-refractivity contribution in [1.29, 1.82) is 0 Å². The zero-order valence-corrected chi connectivity index (χ0v) is 8.46. The second-order valence-electron chi connectivity index (χ2n) is 3.25. The first kappa shape index (κ1) is 9.77. The van der Waals surface area contributed by atoms with Crippen molar-refractivity contribution in [1.82, 2.24) is 9.55 Å². The number of aromatic nitrogens is 2. The number of nitrogens with zero attached hydrogens (tertiary/aromatic N) is 2. The Labute approximate surface area is 78.0 Å². The molecule has 0 amide bonds. The van der Waals surface area contributed by atoms with E-state index in [0.29, 0.717) is 11.5 Å². The smallest absolute Gasteiger partial charge is 0.180 e. The van der Waals surface area contributed by atoms with E-state index in [-0.39, 0.29) is 11.8 Å². The van der Waals surface area contributed by atoms with Crippen LogP contribution in [0, 0.1) is 0 Å². The number of imidazole rings is 1. The minimum absolute atomic E-state index is 0.0375. The van der Waals surface area contributed by atoms with Crippen molar-refractivity contribution in [3.63, 3.8) is 0 Å². The van der Waals surface area contributed by atoms with E-state index in [1.165, 1.54) is 0 Å². The van der Waals surface area contributed by atoms with Crippen LogP contribution in [-0.2, 0) is 0 Å². The predicted molar refractivity (Wildman–Crippen MR) is 52.2 cm³/mol. The number of carbonyl (C=O) groups excluding carboxylic acids is 1. The van der Waals surface area contributed by atoms with Crippen LogP contribution >= 0.6 is 0 Å². The molecular weight excluding hydrogens is 166 g/mol. The molecule has 1 rings (SSSR count). The van der Waals surface area contributed by atoms with Gasteiger partial charge in [0.25, 0.3) is 0 Å². The van der Waals surface area contributed by atoms with Gasteiger partial charge in [0, 0.05) is 20.0 Å². The summed E-state index contributed by atoms with van der Waals surface area (Å²) in [4.78, 5) is 15.4. The van der Waals surface area contributed by atoms with Gasteiger partial charge in [0.05, 0.1) is 6.33 Å². The first-order valence-electron chi connectivity index (χ1n) is 4.33. The van der Waals surface area contributed by atoms with Crippen molar-refractivity contribution >= 4 is 11.6 Å². The van der Waals surface area contributed by atoms with Crippen LogP contribution < -0.4 is 5.32 Å². The third-order valence-electron chi connectivity index (χ3n) is 1.92. The van der Waals surface area contributed by atoms with E-state index in [0.717, 1.165) is 0 Å². The molecule has 0 saturated heterocycles. The molecule has 0 aliphatic heterocycles. The van der Waals surface area contributed by atoms with Gasteiger partial charge < -0.3 is 9.88 Å². The summed E-state index contributed by atoms with van der Waals surface area (Å²) in [5.74, 6) is 0.691. The van der Waals surface area contributed by atoms with Gasteiger partial charge in [0.1, 0.15) is 5.69 Å². The number of rotatable bonds is 3. The van der Waals surface area contributed by atoms with Gasteiger partial charge in [-0.2, -0.15) is 0 Å². The summed E-state index contributed by atoms with van der Waals surface area (Å²) >= 11 is 0.